The Labute approximate surface area is 95.0 Å². The number of amides is 1. The number of rotatable bonds is 6. The second-order valence-electron chi connectivity index (χ2n) is 3.76. The zero-order valence-corrected chi connectivity index (χ0v) is 10.4. The summed E-state index contributed by atoms with van der Waals surface area (Å²) in [6, 6.07) is 0. The van der Waals surface area contributed by atoms with Gasteiger partial charge in [-0.15, -0.1) is 0 Å². The molecule has 6 nitrogen and oxygen atoms in total. The van der Waals surface area contributed by atoms with E-state index in [-0.39, 0.29) is 0 Å². The van der Waals surface area contributed by atoms with E-state index in [1.807, 2.05) is 0 Å². The zero-order valence-electron chi connectivity index (χ0n) is 9.56. The number of sulfone groups is 1. The Kier molecular flexibility index (Phi) is 5.43. The Morgan fingerprint density at radius 3 is 2.12 bits per heavy atom. The minimum absolute atomic E-state index is 0.313. The first-order valence-corrected chi connectivity index (χ1v) is 6.65. The molecule has 0 bridgehead atoms. The lowest BCUT2D eigenvalue weighted by molar-refractivity contribution is -0.137. The summed E-state index contributed by atoms with van der Waals surface area (Å²) in [7, 11) is -3.95. The molecule has 0 saturated heterocycles. The van der Waals surface area contributed by atoms with Crippen LogP contribution in [0.15, 0.2) is 0 Å². The highest BCUT2D eigenvalue weighted by Gasteiger charge is 2.36. The average Bonchev–Trinajstić information content (AvgIpc) is 1.99. The fraction of sp³-hybridized carbons (Fsp3) is 0.778. The predicted molar refractivity (Wildman–Crippen MR) is 58.7 cm³/mol. The van der Waals surface area contributed by atoms with Crippen molar-refractivity contribution < 1.29 is 23.1 Å². The van der Waals surface area contributed by atoms with Gasteiger partial charge < -0.3 is 10.4 Å². The highest BCUT2D eigenvalue weighted by Crippen LogP contribution is 2.13. The molecule has 0 saturated carbocycles. The quantitative estimate of drug-likeness (QED) is 0.671. The van der Waals surface area contributed by atoms with Crippen molar-refractivity contribution in [3.05, 3.63) is 0 Å². The number of carboxylic acid groups (broad SMARTS) is 1. The van der Waals surface area contributed by atoms with Crippen molar-refractivity contribution >= 4 is 21.7 Å². The van der Waals surface area contributed by atoms with Gasteiger partial charge in [-0.25, -0.2) is 8.42 Å². The molecule has 0 radical (unpaired) electrons. The van der Waals surface area contributed by atoms with Crippen LogP contribution >= 0.6 is 0 Å². The third-order valence-corrected chi connectivity index (χ3v) is 4.13. The maximum Gasteiger partial charge on any atom is 0.322 e. The number of carbonyl (C=O) groups excluding carboxylic acids is 1. The van der Waals surface area contributed by atoms with Crippen molar-refractivity contribution in [2.24, 2.45) is 5.92 Å². The Balaban J connectivity index is 4.88. The number of aliphatic carboxylic acids is 1. The summed E-state index contributed by atoms with van der Waals surface area (Å²) < 4.78 is 23.3. The molecule has 0 aromatic rings. The minimum atomic E-state index is -3.95. The maximum atomic E-state index is 11.7. The van der Waals surface area contributed by atoms with Crippen molar-refractivity contribution in [1.29, 1.82) is 0 Å². The molecule has 0 aromatic carbocycles. The Morgan fingerprint density at radius 2 is 1.81 bits per heavy atom. The Bertz CT molecular complexity index is 360. The maximum absolute atomic E-state index is 11.7. The molecule has 94 valence electrons. The third kappa shape index (κ3) is 4.18. The second kappa shape index (κ2) is 5.83. The fourth-order valence-electron chi connectivity index (χ4n) is 1.37. The lowest BCUT2D eigenvalue weighted by Crippen LogP contribution is -2.41. The van der Waals surface area contributed by atoms with Crippen molar-refractivity contribution in [1.82, 2.24) is 5.32 Å². The average molecular weight is 251 g/mol. The van der Waals surface area contributed by atoms with Crippen LogP contribution in [0.5, 0.6) is 0 Å². The van der Waals surface area contributed by atoms with E-state index in [1.54, 1.807) is 6.92 Å². The van der Waals surface area contributed by atoms with E-state index in [2.05, 4.69) is 5.32 Å². The van der Waals surface area contributed by atoms with Crippen molar-refractivity contribution in [3.8, 4) is 0 Å². The molecule has 1 unspecified atom stereocenters. The van der Waals surface area contributed by atoms with E-state index in [0.29, 0.717) is 6.54 Å². The van der Waals surface area contributed by atoms with Crippen LogP contribution < -0.4 is 5.32 Å². The fourth-order valence-corrected chi connectivity index (χ4v) is 3.16. The summed E-state index contributed by atoms with van der Waals surface area (Å²) in [5.41, 5.74) is 0. The normalized spacial score (nSPS) is 13.5. The number of nitrogens with one attached hydrogen (secondary N) is 1. The molecule has 0 spiro atoms. The van der Waals surface area contributed by atoms with Crippen LogP contribution in [-0.2, 0) is 19.4 Å². The molecule has 0 fully saturated rings. The van der Waals surface area contributed by atoms with Crippen LogP contribution in [0.1, 0.15) is 20.8 Å². The minimum Gasteiger partial charge on any atom is -0.480 e. The molecule has 2 N–H and O–H groups in total. The number of carbonyl (C=O) groups is 2. The Hall–Kier alpha value is -1.11. The smallest absolute Gasteiger partial charge is 0.322 e. The van der Waals surface area contributed by atoms with Gasteiger partial charge >= 0.3 is 5.97 Å². The predicted octanol–water partition coefficient (Wildman–Crippen LogP) is -0.353. The van der Waals surface area contributed by atoms with Crippen LogP contribution in [-0.4, -0.2) is 42.9 Å². The number of hydrogen-bond donors (Lipinski definition) is 2. The van der Waals surface area contributed by atoms with E-state index in [4.69, 9.17) is 5.11 Å². The van der Waals surface area contributed by atoms with Gasteiger partial charge in [0.1, 0.15) is 5.75 Å². The van der Waals surface area contributed by atoms with Gasteiger partial charge in [-0.2, -0.15) is 0 Å². The topological polar surface area (TPSA) is 101 Å². The summed E-state index contributed by atoms with van der Waals surface area (Å²) in [6.07, 6.45) is 0. The molecule has 0 aromatic heterocycles. The summed E-state index contributed by atoms with van der Waals surface area (Å²) in [4.78, 5) is 21.9. The van der Waals surface area contributed by atoms with Gasteiger partial charge in [-0.1, -0.05) is 13.8 Å². The van der Waals surface area contributed by atoms with Crippen LogP contribution in [0.25, 0.3) is 0 Å². The van der Waals surface area contributed by atoms with E-state index in [1.165, 1.54) is 13.8 Å². The largest absolute Gasteiger partial charge is 0.480 e. The molecular formula is C9H17NO5S. The first kappa shape index (κ1) is 14.9. The first-order valence-electron chi connectivity index (χ1n) is 4.93. The first-order chi connectivity index (χ1) is 7.22. The molecule has 1 amide bonds. The highest BCUT2D eigenvalue weighted by atomic mass is 32.2. The lowest BCUT2D eigenvalue weighted by Gasteiger charge is -2.16. The molecule has 16 heavy (non-hydrogen) atoms. The third-order valence-electron chi connectivity index (χ3n) is 1.94. The number of hydrogen-bond acceptors (Lipinski definition) is 4. The zero-order chi connectivity index (χ0) is 12.9. The van der Waals surface area contributed by atoms with E-state index < -0.39 is 38.6 Å². The van der Waals surface area contributed by atoms with E-state index in [9.17, 15) is 18.0 Å². The van der Waals surface area contributed by atoms with Gasteiger partial charge in [0.15, 0.2) is 15.1 Å². The summed E-state index contributed by atoms with van der Waals surface area (Å²) in [5.74, 6) is -3.44. The Morgan fingerprint density at radius 1 is 1.31 bits per heavy atom. The van der Waals surface area contributed by atoms with Gasteiger partial charge in [-0.3, -0.25) is 9.59 Å². The van der Waals surface area contributed by atoms with Gasteiger partial charge in [-0.05, 0) is 12.8 Å². The molecule has 0 aliphatic rings. The molecule has 0 rings (SSSR count). The monoisotopic (exact) mass is 251 g/mol. The van der Waals surface area contributed by atoms with Gasteiger partial charge in [0.25, 0.3) is 0 Å². The number of carboxylic acids is 1. The molecule has 7 heteroatoms. The second-order valence-corrected chi connectivity index (χ2v) is 5.89. The summed E-state index contributed by atoms with van der Waals surface area (Å²) in [6.45, 7) is 4.96. The van der Waals surface area contributed by atoms with Crippen LogP contribution in [0.4, 0.5) is 0 Å². The highest BCUT2D eigenvalue weighted by molar-refractivity contribution is 7.93. The SMILES string of the molecule is CCNC(=O)CS(=O)(=O)C(C(=O)O)C(C)C. The van der Waals surface area contributed by atoms with Crippen molar-refractivity contribution in [3.63, 3.8) is 0 Å². The van der Waals surface area contributed by atoms with E-state index >= 15 is 0 Å². The molecule has 0 aliphatic carbocycles. The van der Waals surface area contributed by atoms with Crippen LogP contribution in [0.3, 0.4) is 0 Å². The van der Waals surface area contributed by atoms with Crippen molar-refractivity contribution in [2.45, 2.75) is 26.0 Å². The van der Waals surface area contributed by atoms with Crippen LogP contribution in [0.2, 0.25) is 0 Å². The standard InChI is InChI=1S/C9H17NO5S/c1-4-10-7(11)5-16(14,15)8(6(2)3)9(12)13/h6,8H,4-5H2,1-3H3,(H,10,11)(H,12,13). The summed E-state index contributed by atoms with van der Waals surface area (Å²) >= 11 is 0. The molecular weight excluding hydrogens is 234 g/mol. The van der Waals surface area contributed by atoms with Gasteiger partial charge in [0.05, 0.1) is 0 Å². The molecule has 0 heterocycles. The molecule has 1 atom stereocenters. The molecule has 0 aliphatic heterocycles. The van der Waals surface area contributed by atoms with Crippen molar-refractivity contribution in [2.75, 3.05) is 12.3 Å². The summed E-state index contributed by atoms with van der Waals surface area (Å²) in [5, 5.41) is 9.60. The van der Waals surface area contributed by atoms with Gasteiger partial charge in [0.2, 0.25) is 5.91 Å². The lowest BCUT2D eigenvalue weighted by atomic mass is 10.1. The van der Waals surface area contributed by atoms with E-state index in [0.717, 1.165) is 0 Å². The van der Waals surface area contributed by atoms with Gasteiger partial charge in [0, 0.05) is 6.54 Å². The van der Waals surface area contributed by atoms with Crippen LogP contribution in [0, 0.1) is 5.92 Å².